The van der Waals surface area contributed by atoms with Crippen LogP contribution in [0, 0.1) is 6.92 Å². The number of amides is 3. The molecule has 0 unspecified atom stereocenters. The minimum absolute atomic E-state index is 0.0479. The van der Waals surface area contributed by atoms with E-state index in [9.17, 15) is 14.4 Å². The number of rotatable bonds is 6. The Balaban J connectivity index is 1.69. The van der Waals surface area contributed by atoms with Crippen LogP contribution in [0.3, 0.4) is 0 Å². The zero-order chi connectivity index (χ0) is 25.3. The maximum atomic E-state index is 13.8. The van der Waals surface area contributed by atoms with Crippen molar-refractivity contribution in [3.8, 4) is 0 Å². The lowest BCUT2D eigenvalue weighted by Gasteiger charge is -2.24. The van der Waals surface area contributed by atoms with E-state index in [1.54, 1.807) is 97.1 Å². The smallest absolute Gasteiger partial charge is 0.267 e. The molecule has 0 aliphatic rings. The van der Waals surface area contributed by atoms with E-state index in [0.717, 1.165) is 10.6 Å². The Kier molecular flexibility index (Phi) is 7.63. The van der Waals surface area contributed by atoms with E-state index >= 15 is 0 Å². The van der Waals surface area contributed by atoms with Gasteiger partial charge in [0.25, 0.3) is 17.7 Å². The van der Waals surface area contributed by atoms with Crippen LogP contribution in [0.1, 0.15) is 31.8 Å². The summed E-state index contributed by atoms with van der Waals surface area (Å²) in [5.74, 6) is -1.55. The molecule has 0 bridgehead atoms. The van der Waals surface area contributed by atoms with Gasteiger partial charge in [-0.25, -0.2) is 10.4 Å². The Bertz CT molecular complexity index is 1370. The quantitative estimate of drug-likeness (QED) is 0.317. The van der Waals surface area contributed by atoms with E-state index in [1.165, 1.54) is 0 Å². The van der Waals surface area contributed by atoms with Crippen molar-refractivity contribution >= 4 is 29.1 Å². The molecule has 4 rings (SSSR count). The molecule has 0 fully saturated rings. The molecule has 0 heterocycles. The molecule has 36 heavy (non-hydrogen) atoms. The van der Waals surface area contributed by atoms with Gasteiger partial charge in [-0.05, 0) is 43.3 Å². The highest BCUT2D eigenvalue weighted by Gasteiger charge is 2.26. The molecule has 4 aromatic carbocycles. The summed E-state index contributed by atoms with van der Waals surface area (Å²) in [6, 6.07) is 33.0. The van der Waals surface area contributed by atoms with Gasteiger partial charge < -0.3 is 0 Å². The highest BCUT2D eigenvalue weighted by molar-refractivity contribution is 6.49. The van der Waals surface area contributed by atoms with Crippen molar-refractivity contribution in [2.45, 2.75) is 6.92 Å². The van der Waals surface area contributed by atoms with Gasteiger partial charge in [-0.15, -0.1) is 0 Å². The number of benzene rings is 4. The van der Waals surface area contributed by atoms with Gasteiger partial charge in [0.1, 0.15) is 0 Å². The summed E-state index contributed by atoms with van der Waals surface area (Å²) < 4.78 is 0. The van der Waals surface area contributed by atoms with Crippen LogP contribution in [0.5, 0.6) is 0 Å². The van der Waals surface area contributed by atoms with Crippen LogP contribution in [-0.4, -0.2) is 23.4 Å². The first kappa shape index (κ1) is 24.1. The first-order valence-corrected chi connectivity index (χ1v) is 11.3. The highest BCUT2D eigenvalue weighted by atomic mass is 16.2. The number of carbonyl (C=O) groups excluding carboxylic acids is 3. The molecule has 0 aromatic heterocycles. The summed E-state index contributed by atoms with van der Waals surface area (Å²) in [6.45, 7) is 1.92. The third-order valence-corrected chi connectivity index (χ3v) is 5.30. The van der Waals surface area contributed by atoms with E-state index in [0.29, 0.717) is 22.4 Å². The van der Waals surface area contributed by atoms with Crippen LogP contribution in [-0.2, 0) is 4.79 Å². The largest absolute Gasteiger partial charge is 0.298 e. The van der Waals surface area contributed by atoms with Crippen molar-refractivity contribution in [3.05, 3.63) is 138 Å². The number of para-hydroxylation sites is 1. The average molecular weight is 477 g/mol. The first-order chi connectivity index (χ1) is 17.5. The van der Waals surface area contributed by atoms with Crippen LogP contribution in [0.15, 0.2) is 120 Å². The molecule has 0 spiro atoms. The molecule has 2 N–H and O–H groups in total. The standard InChI is InChI=1S/C29H24N4O3/c1-21-17-19-24(20-18-21)27(34)31-30-26(22-11-5-2-6-12-22)29(36)33(25-15-9-4-10-16-25)32-28(35)23-13-7-3-8-14-23/h2-20H,1H3,(H,31,34)(H,32,35)/b30-26-. The Morgan fingerprint density at radius 3 is 1.69 bits per heavy atom. The minimum atomic E-state index is -0.624. The van der Waals surface area contributed by atoms with Crippen molar-refractivity contribution in [2.75, 3.05) is 5.01 Å². The molecule has 0 radical (unpaired) electrons. The van der Waals surface area contributed by atoms with Crippen LogP contribution in [0.4, 0.5) is 5.69 Å². The minimum Gasteiger partial charge on any atom is -0.267 e. The number of nitrogens with zero attached hydrogens (tertiary/aromatic N) is 2. The molecule has 7 heteroatoms. The molecule has 0 aliphatic carbocycles. The van der Waals surface area contributed by atoms with E-state index in [-0.39, 0.29) is 5.71 Å². The Hall–Kier alpha value is -5.04. The SMILES string of the molecule is Cc1ccc(C(=O)N/N=C(\C(=O)N(NC(=O)c2ccccc2)c2ccccc2)c2ccccc2)cc1. The number of carbonyl (C=O) groups is 3. The lowest BCUT2D eigenvalue weighted by atomic mass is 10.1. The van der Waals surface area contributed by atoms with Gasteiger partial charge in [-0.2, -0.15) is 5.10 Å². The number of nitrogens with one attached hydrogen (secondary N) is 2. The van der Waals surface area contributed by atoms with Crippen molar-refractivity contribution in [1.29, 1.82) is 0 Å². The summed E-state index contributed by atoms with van der Waals surface area (Å²) in [5.41, 5.74) is 7.82. The fraction of sp³-hybridized carbons (Fsp3) is 0.0345. The number of hydrazine groups is 1. The Morgan fingerprint density at radius 2 is 1.11 bits per heavy atom. The molecule has 0 saturated carbocycles. The fourth-order valence-electron chi connectivity index (χ4n) is 3.38. The number of hydrogen-bond donors (Lipinski definition) is 2. The highest BCUT2D eigenvalue weighted by Crippen LogP contribution is 2.15. The van der Waals surface area contributed by atoms with Gasteiger partial charge in [0.05, 0.1) is 5.69 Å². The Labute approximate surface area is 209 Å². The first-order valence-electron chi connectivity index (χ1n) is 11.3. The molecule has 7 nitrogen and oxygen atoms in total. The summed E-state index contributed by atoms with van der Waals surface area (Å²) in [4.78, 5) is 39.5. The number of aryl methyl sites for hydroxylation is 1. The van der Waals surface area contributed by atoms with Crippen molar-refractivity contribution in [1.82, 2.24) is 10.9 Å². The van der Waals surface area contributed by atoms with Crippen molar-refractivity contribution < 1.29 is 14.4 Å². The van der Waals surface area contributed by atoms with Gasteiger partial charge in [-0.3, -0.25) is 19.8 Å². The third kappa shape index (κ3) is 5.90. The van der Waals surface area contributed by atoms with Crippen LogP contribution in [0.2, 0.25) is 0 Å². The molecule has 4 aromatic rings. The summed E-state index contributed by atoms with van der Waals surface area (Å²) in [5, 5.41) is 5.32. The van der Waals surface area contributed by atoms with Crippen LogP contribution < -0.4 is 15.9 Å². The molecule has 0 atom stereocenters. The lowest BCUT2D eigenvalue weighted by molar-refractivity contribution is -0.113. The predicted molar refractivity (Wildman–Crippen MR) is 139 cm³/mol. The lowest BCUT2D eigenvalue weighted by Crippen LogP contribution is -2.50. The van der Waals surface area contributed by atoms with Crippen LogP contribution in [0.25, 0.3) is 0 Å². The van der Waals surface area contributed by atoms with Crippen molar-refractivity contribution in [3.63, 3.8) is 0 Å². The van der Waals surface area contributed by atoms with Gasteiger partial charge >= 0.3 is 0 Å². The van der Waals surface area contributed by atoms with Crippen molar-refractivity contribution in [2.24, 2.45) is 5.10 Å². The second kappa shape index (κ2) is 11.4. The van der Waals surface area contributed by atoms with Crippen LogP contribution >= 0.6 is 0 Å². The number of hydrazone groups is 1. The van der Waals surface area contributed by atoms with Gasteiger partial charge in [0, 0.05) is 16.7 Å². The normalized spacial score (nSPS) is 10.9. The van der Waals surface area contributed by atoms with E-state index in [2.05, 4.69) is 16.0 Å². The monoisotopic (exact) mass is 476 g/mol. The number of anilines is 1. The van der Waals surface area contributed by atoms with Gasteiger partial charge in [0.2, 0.25) is 0 Å². The van der Waals surface area contributed by atoms with E-state index in [1.807, 2.05) is 25.1 Å². The Morgan fingerprint density at radius 1 is 0.611 bits per heavy atom. The summed E-state index contributed by atoms with van der Waals surface area (Å²) in [7, 11) is 0. The zero-order valence-electron chi connectivity index (χ0n) is 19.6. The van der Waals surface area contributed by atoms with Gasteiger partial charge in [0.15, 0.2) is 5.71 Å². The maximum absolute atomic E-state index is 13.8. The molecule has 0 aliphatic heterocycles. The summed E-state index contributed by atoms with van der Waals surface area (Å²) >= 11 is 0. The average Bonchev–Trinajstić information content (AvgIpc) is 2.93. The summed E-state index contributed by atoms with van der Waals surface area (Å²) in [6.07, 6.45) is 0. The predicted octanol–water partition coefficient (Wildman–Crippen LogP) is 4.51. The maximum Gasteiger partial charge on any atom is 0.298 e. The molecular weight excluding hydrogens is 452 g/mol. The molecule has 0 saturated heterocycles. The second-order valence-electron chi connectivity index (χ2n) is 7.92. The number of hydrogen-bond acceptors (Lipinski definition) is 4. The topological polar surface area (TPSA) is 90.9 Å². The van der Waals surface area contributed by atoms with Gasteiger partial charge in [-0.1, -0.05) is 84.4 Å². The van der Waals surface area contributed by atoms with E-state index in [4.69, 9.17) is 0 Å². The second-order valence-corrected chi connectivity index (χ2v) is 7.92. The fourth-order valence-corrected chi connectivity index (χ4v) is 3.38. The third-order valence-electron chi connectivity index (χ3n) is 5.30. The molecule has 3 amide bonds. The van der Waals surface area contributed by atoms with E-state index < -0.39 is 17.7 Å². The molecule has 178 valence electrons. The zero-order valence-corrected chi connectivity index (χ0v) is 19.6. The molecular formula is C29H24N4O3.